The molecule has 2 aromatic rings. The third kappa shape index (κ3) is 5.53. The van der Waals surface area contributed by atoms with Crippen molar-refractivity contribution in [1.29, 1.82) is 0 Å². The Kier molecular flexibility index (Phi) is 6.96. The Labute approximate surface area is 151 Å². The molecule has 0 spiro atoms. The molecule has 124 valence electrons. The lowest BCUT2D eigenvalue weighted by atomic mass is 10.2. The predicted octanol–water partition coefficient (Wildman–Crippen LogP) is 4.30. The summed E-state index contributed by atoms with van der Waals surface area (Å²) in [5.74, 6) is 0.0494. The van der Waals surface area contributed by atoms with Crippen molar-refractivity contribution in [3.63, 3.8) is 0 Å². The molecule has 0 unspecified atom stereocenters. The summed E-state index contributed by atoms with van der Waals surface area (Å²) in [6, 6.07) is 11.9. The summed E-state index contributed by atoms with van der Waals surface area (Å²) in [6.45, 7) is 2.53. The second-order valence-electron chi connectivity index (χ2n) is 5.45. The lowest BCUT2D eigenvalue weighted by molar-refractivity contribution is -0.120. The van der Waals surface area contributed by atoms with Crippen LogP contribution in [0.2, 0.25) is 5.02 Å². The number of halogens is 1. The number of carbonyl (C=O) groups excluding carboxylic acids is 1. The molecular weight excluding hydrogens is 348 g/mol. The third-order valence-corrected chi connectivity index (χ3v) is 5.80. The topological polar surface area (TPSA) is 32.3 Å². The van der Waals surface area contributed by atoms with E-state index in [1.165, 1.54) is 16.6 Å². The fourth-order valence-corrected chi connectivity index (χ4v) is 4.07. The van der Waals surface area contributed by atoms with Gasteiger partial charge in [0.25, 0.3) is 0 Å². The second-order valence-corrected chi connectivity index (χ2v) is 8.28. The molecule has 23 heavy (non-hydrogen) atoms. The maximum Gasteiger partial charge on any atom is 0.233 e. The summed E-state index contributed by atoms with van der Waals surface area (Å²) < 4.78 is 0. The van der Waals surface area contributed by atoms with Gasteiger partial charge in [0.15, 0.2) is 0 Å². The average Bonchev–Trinajstić information content (AvgIpc) is 3.03. The quantitative estimate of drug-likeness (QED) is 0.739. The van der Waals surface area contributed by atoms with Crippen molar-refractivity contribution in [2.24, 2.45) is 0 Å². The zero-order chi connectivity index (χ0) is 16.8. The number of benzene rings is 1. The Bertz CT molecular complexity index is 614. The highest BCUT2D eigenvalue weighted by Gasteiger charge is 2.19. The van der Waals surface area contributed by atoms with E-state index in [0.29, 0.717) is 11.6 Å². The van der Waals surface area contributed by atoms with Gasteiger partial charge in [0.1, 0.15) is 0 Å². The van der Waals surface area contributed by atoms with Crippen molar-refractivity contribution >= 4 is 40.6 Å². The van der Waals surface area contributed by atoms with E-state index in [1.807, 2.05) is 51.4 Å². The van der Waals surface area contributed by atoms with Gasteiger partial charge in [-0.1, -0.05) is 17.7 Å². The lowest BCUT2D eigenvalue weighted by Gasteiger charge is -2.24. The molecule has 0 saturated carbocycles. The van der Waals surface area contributed by atoms with Crippen LogP contribution in [-0.4, -0.2) is 36.7 Å². The number of nitrogens with zero attached hydrogens (tertiary/aromatic N) is 1. The van der Waals surface area contributed by atoms with E-state index in [4.69, 9.17) is 11.6 Å². The Hall–Kier alpha value is -1.01. The number of hydrogen-bond donors (Lipinski definition) is 1. The molecule has 2 atom stereocenters. The van der Waals surface area contributed by atoms with Crippen LogP contribution in [0.5, 0.6) is 0 Å². The van der Waals surface area contributed by atoms with Gasteiger partial charge in [0, 0.05) is 21.3 Å². The van der Waals surface area contributed by atoms with E-state index in [9.17, 15) is 4.79 Å². The average molecular weight is 369 g/mol. The van der Waals surface area contributed by atoms with E-state index in [-0.39, 0.29) is 17.2 Å². The van der Waals surface area contributed by atoms with Crippen LogP contribution in [0.3, 0.4) is 0 Å². The fourth-order valence-electron chi connectivity index (χ4n) is 2.13. The number of amides is 1. The van der Waals surface area contributed by atoms with Gasteiger partial charge in [-0.05, 0) is 56.7 Å². The molecule has 0 saturated heterocycles. The van der Waals surface area contributed by atoms with Crippen molar-refractivity contribution in [3.05, 3.63) is 51.7 Å². The molecule has 6 heteroatoms. The largest absolute Gasteiger partial charge is 0.353 e. The van der Waals surface area contributed by atoms with E-state index >= 15 is 0 Å². The molecule has 0 aliphatic rings. The van der Waals surface area contributed by atoms with Crippen LogP contribution in [0.1, 0.15) is 17.8 Å². The number of rotatable bonds is 7. The van der Waals surface area contributed by atoms with Crippen LogP contribution in [-0.2, 0) is 4.79 Å². The SMILES string of the molecule is C[C@H](Sc1ccc(Cl)cc1)C(=O)NC[C@H](c1cccs1)N(C)C. The third-order valence-electron chi connectivity index (χ3n) is 3.46. The summed E-state index contributed by atoms with van der Waals surface area (Å²) >= 11 is 9.13. The number of hydrogen-bond acceptors (Lipinski definition) is 4. The predicted molar refractivity (Wildman–Crippen MR) is 101 cm³/mol. The minimum Gasteiger partial charge on any atom is -0.353 e. The number of thiophene rings is 1. The van der Waals surface area contributed by atoms with Crippen LogP contribution in [0, 0.1) is 0 Å². The van der Waals surface area contributed by atoms with Crippen LogP contribution in [0.25, 0.3) is 0 Å². The first-order valence-electron chi connectivity index (χ1n) is 7.37. The first-order valence-corrected chi connectivity index (χ1v) is 9.51. The van der Waals surface area contributed by atoms with Crippen molar-refractivity contribution < 1.29 is 4.79 Å². The molecular formula is C17H21ClN2OS2. The molecule has 0 bridgehead atoms. The molecule has 0 aliphatic carbocycles. The number of nitrogens with one attached hydrogen (secondary N) is 1. The van der Waals surface area contributed by atoms with Gasteiger partial charge in [-0.25, -0.2) is 0 Å². The Balaban J connectivity index is 1.88. The van der Waals surface area contributed by atoms with Crippen LogP contribution in [0.15, 0.2) is 46.7 Å². The van der Waals surface area contributed by atoms with Gasteiger partial charge in [-0.2, -0.15) is 0 Å². The van der Waals surface area contributed by atoms with Gasteiger partial charge >= 0.3 is 0 Å². The van der Waals surface area contributed by atoms with E-state index in [1.54, 1.807) is 11.3 Å². The normalized spacial score (nSPS) is 13.8. The smallest absolute Gasteiger partial charge is 0.233 e. The van der Waals surface area contributed by atoms with E-state index in [2.05, 4.69) is 21.7 Å². The first kappa shape index (κ1) is 18.3. The molecule has 3 nitrogen and oxygen atoms in total. The van der Waals surface area contributed by atoms with E-state index < -0.39 is 0 Å². The van der Waals surface area contributed by atoms with Crippen LogP contribution >= 0.6 is 34.7 Å². The standard InChI is InChI=1S/C17H21ClN2OS2/c1-12(23-14-8-6-13(18)7-9-14)17(21)19-11-15(20(2)3)16-5-4-10-22-16/h4-10,12,15H,11H2,1-3H3,(H,19,21)/t12-,15+/m0/s1. The Morgan fingerprint density at radius 1 is 1.30 bits per heavy atom. The minimum atomic E-state index is -0.151. The van der Waals surface area contributed by atoms with Crippen LogP contribution in [0.4, 0.5) is 0 Å². The molecule has 1 amide bonds. The van der Waals surface area contributed by atoms with Gasteiger partial charge in [0.2, 0.25) is 5.91 Å². The molecule has 1 aromatic carbocycles. The fraction of sp³-hybridized carbons (Fsp3) is 0.353. The highest BCUT2D eigenvalue weighted by Crippen LogP contribution is 2.25. The highest BCUT2D eigenvalue weighted by molar-refractivity contribution is 8.00. The minimum absolute atomic E-state index is 0.0494. The summed E-state index contributed by atoms with van der Waals surface area (Å²) in [7, 11) is 4.06. The van der Waals surface area contributed by atoms with Crippen molar-refractivity contribution in [3.8, 4) is 0 Å². The summed E-state index contributed by atoms with van der Waals surface area (Å²) in [5.41, 5.74) is 0. The second kappa shape index (κ2) is 8.73. The van der Waals surface area contributed by atoms with Crippen molar-refractivity contribution in [2.75, 3.05) is 20.6 Å². The Morgan fingerprint density at radius 3 is 2.57 bits per heavy atom. The monoisotopic (exact) mass is 368 g/mol. The number of likely N-dealkylation sites (N-methyl/N-ethyl adjacent to an activating group) is 1. The molecule has 0 aliphatic heterocycles. The zero-order valence-electron chi connectivity index (χ0n) is 13.5. The molecule has 1 heterocycles. The molecule has 1 N–H and O–H groups in total. The molecule has 2 rings (SSSR count). The summed E-state index contributed by atoms with van der Waals surface area (Å²) in [6.07, 6.45) is 0. The molecule has 0 radical (unpaired) electrons. The molecule has 0 fully saturated rings. The van der Waals surface area contributed by atoms with Gasteiger partial charge in [-0.3, -0.25) is 4.79 Å². The summed E-state index contributed by atoms with van der Waals surface area (Å²) in [4.78, 5) is 16.8. The highest BCUT2D eigenvalue weighted by atomic mass is 35.5. The summed E-state index contributed by atoms with van der Waals surface area (Å²) in [5, 5.41) is 5.68. The lowest BCUT2D eigenvalue weighted by Crippen LogP contribution is -2.37. The van der Waals surface area contributed by atoms with Gasteiger partial charge in [-0.15, -0.1) is 23.1 Å². The van der Waals surface area contributed by atoms with Gasteiger partial charge < -0.3 is 10.2 Å². The van der Waals surface area contributed by atoms with Crippen molar-refractivity contribution in [1.82, 2.24) is 10.2 Å². The van der Waals surface area contributed by atoms with E-state index in [0.717, 1.165) is 4.90 Å². The zero-order valence-corrected chi connectivity index (χ0v) is 15.8. The number of thioether (sulfide) groups is 1. The number of carbonyl (C=O) groups is 1. The van der Waals surface area contributed by atoms with Crippen molar-refractivity contribution in [2.45, 2.75) is 23.1 Å². The van der Waals surface area contributed by atoms with Crippen LogP contribution < -0.4 is 5.32 Å². The van der Waals surface area contributed by atoms with Gasteiger partial charge in [0.05, 0.1) is 11.3 Å². The molecule has 1 aromatic heterocycles. The Morgan fingerprint density at radius 2 is 2.00 bits per heavy atom. The first-order chi connectivity index (χ1) is 11.0. The maximum atomic E-state index is 12.3. The maximum absolute atomic E-state index is 12.3.